The molecule has 90 valence electrons. The van der Waals surface area contributed by atoms with Gasteiger partial charge in [0.15, 0.2) is 0 Å². The number of ether oxygens (including phenoxy) is 1. The van der Waals surface area contributed by atoms with Crippen LogP contribution in [0.15, 0.2) is 6.07 Å². The second-order valence-corrected chi connectivity index (χ2v) is 4.56. The number of fused-ring (bicyclic) bond motifs is 1. The van der Waals surface area contributed by atoms with E-state index in [2.05, 4.69) is 11.1 Å². The maximum absolute atomic E-state index is 9.08. The van der Waals surface area contributed by atoms with Crippen LogP contribution < -0.4 is 4.74 Å². The van der Waals surface area contributed by atoms with E-state index >= 15 is 0 Å². The van der Waals surface area contributed by atoms with E-state index in [1.54, 1.807) is 0 Å². The Kier molecular flexibility index (Phi) is 3.60. The summed E-state index contributed by atoms with van der Waals surface area (Å²) in [5.74, 6) is 0.495. The monoisotopic (exact) mass is 231 g/mol. The summed E-state index contributed by atoms with van der Waals surface area (Å²) >= 11 is 0. The highest BCUT2D eigenvalue weighted by Gasteiger charge is 2.17. The van der Waals surface area contributed by atoms with Crippen LogP contribution in [0, 0.1) is 11.3 Å². The minimum absolute atomic E-state index is 0.495. The molecule has 0 amide bonds. The van der Waals surface area contributed by atoms with E-state index in [0.717, 1.165) is 31.5 Å². The summed E-state index contributed by atoms with van der Waals surface area (Å²) in [6, 6.07) is 4.09. The van der Waals surface area contributed by atoms with Crippen LogP contribution in [0.25, 0.3) is 0 Å². The first-order chi connectivity index (χ1) is 8.20. The lowest BCUT2D eigenvalue weighted by Crippen LogP contribution is -2.20. The molecule has 1 aliphatic carbocycles. The topological polar surface area (TPSA) is 49.1 Å². The average molecular weight is 231 g/mol. The minimum Gasteiger partial charge on any atom is -0.475 e. The molecule has 0 atom stereocenters. The lowest BCUT2D eigenvalue weighted by Gasteiger charge is -2.12. The van der Waals surface area contributed by atoms with Gasteiger partial charge in [0.05, 0.1) is 0 Å². The first-order valence-electron chi connectivity index (χ1n) is 5.91. The van der Waals surface area contributed by atoms with Crippen molar-refractivity contribution in [2.24, 2.45) is 0 Å². The number of hydrogen-bond acceptors (Lipinski definition) is 4. The Balaban J connectivity index is 2.13. The molecule has 0 fully saturated rings. The fourth-order valence-corrected chi connectivity index (χ4v) is 1.97. The number of nitrogens with zero attached hydrogens (tertiary/aromatic N) is 3. The van der Waals surface area contributed by atoms with Crippen molar-refractivity contribution in [3.63, 3.8) is 0 Å². The van der Waals surface area contributed by atoms with Crippen LogP contribution in [0.4, 0.5) is 0 Å². The molecule has 0 spiro atoms. The molecule has 0 saturated carbocycles. The SMILES string of the molecule is CN(C)CCOc1nc2c(cc1C#N)CCC2. The third-order valence-electron chi connectivity index (χ3n) is 2.91. The molecule has 1 aromatic rings. The number of pyridine rings is 1. The van der Waals surface area contributed by atoms with Crippen LogP contribution in [-0.2, 0) is 12.8 Å². The van der Waals surface area contributed by atoms with Gasteiger partial charge in [0.1, 0.15) is 18.2 Å². The highest BCUT2D eigenvalue weighted by Crippen LogP contribution is 2.25. The molecule has 0 bridgehead atoms. The molecule has 0 radical (unpaired) electrons. The Morgan fingerprint density at radius 2 is 2.29 bits per heavy atom. The van der Waals surface area contributed by atoms with Crippen molar-refractivity contribution in [3.8, 4) is 11.9 Å². The second kappa shape index (κ2) is 5.15. The Morgan fingerprint density at radius 3 is 3.00 bits per heavy atom. The fraction of sp³-hybridized carbons (Fsp3) is 0.538. The Morgan fingerprint density at radius 1 is 1.47 bits per heavy atom. The first-order valence-corrected chi connectivity index (χ1v) is 5.91. The number of nitriles is 1. The van der Waals surface area contributed by atoms with Crippen LogP contribution in [0.2, 0.25) is 0 Å². The molecule has 4 nitrogen and oxygen atoms in total. The number of rotatable bonds is 4. The van der Waals surface area contributed by atoms with Gasteiger partial charge in [-0.15, -0.1) is 0 Å². The predicted octanol–water partition coefficient (Wildman–Crippen LogP) is 1.38. The highest BCUT2D eigenvalue weighted by atomic mass is 16.5. The van der Waals surface area contributed by atoms with Crippen LogP contribution in [0.5, 0.6) is 5.88 Å². The molecule has 1 heterocycles. The van der Waals surface area contributed by atoms with Gasteiger partial charge in [-0.1, -0.05) is 0 Å². The van der Waals surface area contributed by atoms with Crippen molar-refractivity contribution in [3.05, 3.63) is 22.9 Å². The number of aryl methyl sites for hydroxylation is 2. The van der Waals surface area contributed by atoms with Gasteiger partial charge in [-0.25, -0.2) is 4.98 Å². The van der Waals surface area contributed by atoms with E-state index in [1.807, 2.05) is 25.1 Å². The average Bonchev–Trinajstić information content (AvgIpc) is 2.74. The molecule has 0 aromatic carbocycles. The molecule has 17 heavy (non-hydrogen) atoms. The van der Waals surface area contributed by atoms with Gasteiger partial charge in [0.2, 0.25) is 5.88 Å². The Labute approximate surface area is 102 Å². The van der Waals surface area contributed by atoms with Gasteiger partial charge in [0.25, 0.3) is 0 Å². The van der Waals surface area contributed by atoms with Crippen LogP contribution in [0.1, 0.15) is 23.2 Å². The standard InChI is InChI=1S/C13H17N3O/c1-16(2)6-7-17-13-11(9-14)8-10-4-3-5-12(10)15-13/h8H,3-7H2,1-2H3. The van der Waals surface area contributed by atoms with Crippen molar-refractivity contribution >= 4 is 0 Å². The molecule has 0 saturated heterocycles. The predicted molar refractivity (Wildman–Crippen MR) is 65.0 cm³/mol. The van der Waals surface area contributed by atoms with Crippen LogP contribution in [-0.4, -0.2) is 37.1 Å². The van der Waals surface area contributed by atoms with Gasteiger partial charge in [-0.3, -0.25) is 0 Å². The summed E-state index contributed by atoms with van der Waals surface area (Å²) in [4.78, 5) is 6.50. The quantitative estimate of drug-likeness (QED) is 0.785. The maximum Gasteiger partial charge on any atom is 0.231 e. The van der Waals surface area contributed by atoms with Crippen molar-refractivity contribution in [2.75, 3.05) is 27.2 Å². The number of hydrogen-bond donors (Lipinski definition) is 0. The Bertz CT molecular complexity index is 449. The number of aromatic nitrogens is 1. The molecule has 0 unspecified atom stereocenters. The van der Waals surface area contributed by atoms with Crippen molar-refractivity contribution in [2.45, 2.75) is 19.3 Å². The molecule has 0 aliphatic heterocycles. The maximum atomic E-state index is 9.08. The Hall–Kier alpha value is -1.60. The van der Waals surface area contributed by atoms with Gasteiger partial charge < -0.3 is 9.64 Å². The summed E-state index contributed by atoms with van der Waals surface area (Å²) in [6.45, 7) is 1.39. The molecule has 2 rings (SSSR count). The van der Waals surface area contributed by atoms with Crippen molar-refractivity contribution in [1.29, 1.82) is 5.26 Å². The zero-order valence-corrected chi connectivity index (χ0v) is 10.4. The molecular formula is C13H17N3O. The van der Waals surface area contributed by atoms with Gasteiger partial charge in [-0.2, -0.15) is 5.26 Å². The van der Waals surface area contributed by atoms with E-state index < -0.39 is 0 Å². The van der Waals surface area contributed by atoms with E-state index in [1.165, 1.54) is 5.56 Å². The van der Waals surface area contributed by atoms with E-state index in [0.29, 0.717) is 18.1 Å². The second-order valence-electron chi connectivity index (χ2n) is 4.56. The normalized spacial score (nSPS) is 13.5. The summed E-state index contributed by atoms with van der Waals surface area (Å²) in [6.07, 6.45) is 3.18. The third kappa shape index (κ3) is 2.75. The summed E-state index contributed by atoms with van der Waals surface area (Å²) in [5.41, 5.74) is 2.87. The van der Waals surface area contributed by atoms with Gasteiger partial charge >= 0.3 is 0 Å². The largest absolute Gasteiger partial charge is 0.475 e. The summed E-state index contributed by atoms with van der Waals surface area (Å²) in [7, 11) is 3.98. The van der Waals surface area contributed by atoms with Gasteiger partial charge in [0, 0.05) is 12.2 Å². The summed E-state index contributed by atoms with van der Waals surface area (Å²) < 4.78 is 5.59. The first kappa shape index (κ1) is 11.9. The summed E-state index contributed by atoms with van der Waals surface area (Å²) in [5, 5.41) is 9.08. The minimum atomic E-state index is 0.495. The lowest BCUT2D eigenvalue weighted by molar-refractivity contribution is 0.253. The molecule has 1 aliphatic rings. The van der Waals surface area contributed by atoms with E-state index in [9.17, 15) is 0 Å². The fourth-order valence-electron chi connectivity index (χ4n) is 1.97. The van der Waals surface area contributed by atoms with Crippen molar-refractivity contribution < 1.29 is 4.74 Å². The molecule has 1 aromatic heterocycles. The van der Waals surface area contributed by atoms with E-state index in [-0.39, 0.29) is 0 Å². The number of likely N-dealkylation sites (N-methyl/N-ethyl adjacent to an activating group) is 1. The zero-order chi connectivity index (χ0) is 12.3. The molecular weight excluding hydrogens is 214 g/mol. The lowest BCUT2D eigenvalue weighted by atomic mass is 10.1. The molecule has 0 N–H and O–H groups in total. The smallest absolute Gasteiger partial charge is 0.231 e. The van der Waals surface area contributed by atoms with Crippen LogP contribution in [0.3, 0.4) is 0 Å². The zero-order valence-electron chi connectivity index (χ0n) is 10.4. The molecule has 4 heteroatoms. The van der Waals surface area contributed by atoms with Crippen molar-refractivity contribution in [1.82, 2.24) is 9.88 Å². The highest BCUT2D eigenvalue weighted by molar-refractivity contribution is 5.44. The van der Waals surface area contributed by atoms with Gasteiger partial charge in [-0.05, 0) is 45.0 Å². The third-order valence-corrected chi connectivity index (χ3v) is 2.91. The van der Waals surface area contributed by atoms with E-state index in [4.69, 9.17) is 10.00 Å². The van der Waals surface area contributed by atoms with Crippen LogP contribution >= 0.6 is 0 Å².